The van der Waals surface area contributed by atoms with E-state index in [1.54, 1.807) is 30.3 Å². The number of carboxylic acid groups (broad SMARTS) is 1. The van der Waals surface area contributed by atoms with Crippen molar-refractivity contribution in [3.8, 4) is 0 Å². The van der Waals surface area contributed by atoms with Crippen molar-refractivity contribution in [2.45, 2.75) is 63.4 Å². The smallest absolute Gasteiger partial charge is 0.326 e. The number of aliphatic hydroxyl groups is 1. The minimum atomic E-state index is -1.44. The number of nitrogens with two attached hydrogens (primary N) is 2. The van der Waals surface area contributed by atoms with Gasteiger partial charge in [0.2, 0.25) is 23.6 Å². The molecule has 0 saturated heterocycles. The molecular formula is C21H31N5O7. The van der Waals surface area contributed by atoms with Gasteiger partial charge >= 0.3 is 5.97 Å². The maximum atomic E-state index is 12.8. The minimum absolute atomic E-state index is 0.0147. The molecule has 0 aliphatic rings. The number of carbonyl (C=O) groups excluding carboxylic acids is 4. The van der Waals surface area contributed by atoms with Crippen LogP contribution in [0.15, 0.2) is 30.3 Å². The molecule has 182 valence electrons. The Morgan fingerprint density at radius 1 is 0.909 bits per heavy atom. The van der Waals surface area contributed by atoms with Crippen LogP contribution in [0.2, 0.25) is 0 Å². The molecule has 33 heavy (non-hydrogen) atoms. The molecule has 1 aromatic rings. The van der Waals surface area contributed by atoms with Crippen molar-refractivity contribution in [2.75, 3.05) is 0 Å². The fourth-order valence-corrected chi connectivity index (χ4v) is 2.83. The van der Waals surface area contributed by atoms with Gasteiger partial charge in [-0.1, -0.05) is 30.3 Å². The van der Waals surface area contributed by atoms with E-state index in [9.17, 15) is 34.2 Å². The molecule has 1 rings (SSSR count). The summed E-state index contributed by atoms with van der Waals surface area (Å²) in [5.41, 5.74) is 11.3. The number of benzene rings is 1. The van der Waals surface area contributed by atoms with Gasteiger partial charge in [-0.15, -0.1) is 0 Å². The predicted molar refractivity (Wildman–Crippen MR) is 117 cm³/mol. The monoisotopic (exact) mass is 465 g/mol. The molecule has 0 heterocycles. The highest BCUT2D eigenvalue weighted by Gasteiger charge is 2.32. The first kappa shape index (κ1) is 27.5. The standard InChI is InChI=1S/C21H31N5O7/c1-11(22)18(29)26-17(12(2)27)20(31)24-14(8-9-16(23)28)19(30)25-15(21(32)33)10-13-6-4-3-5-7-13/h3-7,11-12,14-15,17,27H,8-10,22H2,1-2H3,(H2,23,28)(H,24,31)(H,25,30)(H,26,29)(H,32,33). The minimum Gasteiger partial charge on any atom is -0.480 e. The molecule has 0 spiro atoms. The lowest BCUT2D eigenvalue weighted by Crippen LogP contribution is -2.59. The molecular weight excluding hydrogens is 434 g/mol. The van der Waals surface area contributed by atoms with Crippen molar-refractivity contribution in [1.82, 2.24) is 16.0 Å². The first-order chi connectivity index (χ1) is 15.4. The molecule has 0 aliphatic carbocycles. The van der Waals surface area contributed by atoms with Gasteiger partial charge in [-0.2, -0.15) is 0 Å². The number of carbonyl (C=O) groups is 5. The van der Waals surface area contributed by atoms with Gasteiger partial charge in [0.15, 0.2) is 0 Å². The lowest BCUT2D eigenvalue weighted by molar-refractivity contribution is -0.142. The Morgan fingerprint density at radius 3 is 1.97 bits per heavy atom. The number of primary amides is 1. The number of amides is 4. The second-order valence-electron chi connectivity index (χ2n) is 7.67. The van der Waals surface area contributed by atoms with E-state index in [0.29, 0.717) is 5.56 Å². The van der Waals surface area contributed by atoms with Crippen LogP contribution in [0.5, 0.6) is 0 Å². The van der Waals surface area contributed by atoms with Crippen LogP contribution in [0.1, 0.15) is 32.3 Å². The number of rotatable bonds is 13. The molecule has 1 aromatic carbocycles. The normalized spacial score (nSPS) is 15.3. The zero-order chi connectivity index (χ0) is 25.1. The Balaban J connectivity index is 3.00. The van der Waals surface area contributed by atoms with Crippen molar-refractivity contribution >= 4 is 29.6 Å². The summed E-state index contributed by atoms with van der Waals surface area (Å²) >= 11 is 0. The van der Waals surface area contributed by atoms with E-state index in [0.717, 1.165) is 0 Å². The molecule has 0 bridgehead atoms. The average molecular weight is 466 g/mol. The number of aliphatic carboxylic acids is 1. The Morgan fingerprint density at radius 2 is 1.48 bits per heavy atom. The molecule has 0 radical (unpaired) electrons. The van der Waals surface area contributed by atoms with E-state index in [4.69, 9.17) is 11.5 Å². The van der Waals surface area contributed by atoms with E-state index in [1.165, 1.54) is 13.8 Å². The third kappa shape index (κ3) is 9.66. The zero-order valence-electron chi connectivity index (χ0n) is 18.5. The van der Waals surface area contributed by atoms with E-state index in [-0.39, 0.29) is 19.3 Å². The van der Waals surface area contributed by atoms with Crippen LogP contribution in [0.25, 0.3) is 0 Å². The lowest BCUT2D eigenvalue weighted by Gasteiger charge is -2.26. The van der Waals surface area contributed by atoms with Crippen LogP contribution in [-0.2, 0) is 30.4 Å². The van der Waals surface area contributed by atoms with Gasteiger partial charge in [-0.05, 0) is 25.8 Å². The topological polar surface area (TPSA) is 214 Å². The molecule has 12 nitrogen and oxygen atoms in total. The number of nitrogens with one attached hydrogen (secondary N) is 3. The summed E-state index contributed by atoms with van der Waals surface area (Å²) in [6.07, 6.45) is -1.85. The van der Waals surface area contributed by atoms with Crippen LogP contribution in [0.4, 0.5) is 0 Å². The summed E-state index contributed by atoms with van der Waals surface area (Å²) < 4.78 is 0. The maximum Gasteiger partial charge on any atom is 0.326 e. The van der Waals surface area contributed by atoms with Crippen LogP contribution < -0.4 is 27.4 Å². The third-order valence-corrected chi connectivity index (χ3v) is 4.69. The van der Waals surface area contributed by atoms with Gasteiger partial charge in [-0.3, -0.25) is 19.2 Å². The highest BCUT2D eigenvalue weighted by molar-refractivity contribution is 5.94. The quantitative estimate of drug-likeness (QED) is 0.169. The summed E-state index contributed by atoms with van der Waals surface area (Å²) in [5, 5.41) is 26.4. The van der Waals surface area contributed by atoms with Crippen molar-refractivity contribution in [3.63, 3.8) is 0 Å². The molecule has 0 saturated carbocycles. The second-order valence-corrected chi connectivity index (χ2v) is 7.67. The lowest BCUT2D eigenvalue weighted by atomic mass is 10.0. The first-order valence-electron chi connectivity index (χ1n) is 10.3. The zero-order valence-corrected chi connectivity index (χ0v) is 18.5. The number of hydrogen-bond donors (Lipinski definition) is 7. The number of carboxylic acids is 1. The first-order valence-corrected chi connectivity index (χ1v) is 10.3. The van der Waals surface area contributed by atoms with E-state index in [1.807, 2.05) is 0 Å². The van der Waals surface area contributed by atoms with Gasteiger partial charge in [0, 0.05) is 12.8 Å². The van der Waals surface area contributed by atoms with Crippen molar-refractivity contribution in [1.29, 1.82) is 0 Å². The van der Waals surface area contributed by atoms with Crippen molar-refractivity contribution in [2.24, 2.45) is 11.5 Å². The molecule has 5 unspecified atom stereocenters. The third-order valence-electron chi connectivity index (χ3n) is 4.69. The van der Waals surface area contributed by atoms with Crippen LogP contribution >= 0.6 is 0 Å². The summed E-state index contributed by atoms with van der Waals surface area (Å²) in [7, 11) is 0. The Kier molecular flexibility index (Phi) is 11.0. The fraction of sp³-hybridized carbons (Fsp3) is 0.476. The van der Waals surface area contributed by atoms with Crippen molar-refractivity contribution in [3.05, 3.63) is 35.9 Å². The predicted octanol–water partition coefficient (Wildman–Crippen LogP) is -2.24. The second kappa shape index (κ2) is 13.1. The van der Waals surface area contributed by atoms with Gasteiger partial charge < -0.3 is 37.6 Å². The Hall–Kier alpha value is -3.51. The summed E-state index contributed by atoms with van der Waals surface area (Å²) in [6, 6.07) is 3.54. The molecule has 0 aliphatic heterocycles. The van der Waals surface area contributed by atoms with Crippen LogP contribution in [0, 0.1) is 0 Å². The maximum absolute atomic E-state index is 12.8. The van der Waals surface area contributed by atoms with Crippen LogP contribution in [0.3, 0.4) is 0 Å². The van der Waals surface area contributed by atoms with Gasteiger partial charge in [0.05, 0.1) is 12.1 Å². The summed E-state index contributed by atoms with van der Waals surface area (Å²) in [6.45, 7) is 2.64. The molecule has 5 atom stereocenters. The number of hydrogen-bond acceptors (Lipinski definition) is 7. The van der Waals surface area contributed by atoms with Crippen LogP contribution in [-0.4, -0.2) is 70.1 Å². The van der Waals surface area contributed by atoms with Gasteiger partial charge in [0.25, 0.3) is 0 Å². The van der Waals surface area contributed by atoms with E-state index < -0.39 is 59.9 Å². The van der Waals surface area contributed by atoms with E-state index >= 15 is 0 Å². The molecule has 4 amide bonds. The molecule has 9 N–H and O–H groups in total. The highest BCUT2D eigenvalue weighted by Crippen LogP contribution is 2.06. The summed E-state index contributed by atoms with van der Waals surface area (Å²) in [4.78, 5) is 60.2. The SMILES string of the molecule is CC(N)C(=O)NC(C(=O)NC(CCC(N)=O)C(=O)NC(Cc1ccccc1)C(=O)O)C(C)O. The highest BCUT2D eigenvalue weighted by atomic mass is 16.4. The Labute approximate surface area is 191 Å². The largest absolute Gasteiger partial charge is 0.480 e. The molecule has 12 heteroatoms. The Bertz CT molecular complexity index is 845. The molecule has 0 fully saturated rings. The molecule has 0 aromatic heterocycles. The van der Waals surface area contributed by atoms with Gasteiger partial charge in [0.1, 0.15) is 18.1 Å². The van der Waals surface area contributed by atoms with Crippen molar-refractivity contribution < 1.29 is 34.2 Å². The fourth-order valence-electron chi connectivity index (χ4n) is 2.83. The number of aliphatic hydroxyl groups excluding tert-OH is 1. The van der Waals surface area contributed by atoms with Gasteiger partial charge in [-0.25, -0.2) is 4.79 Å². The average Bonchev–Trinajstić information content (AvgIpc) is 2.74. The van der Waals surface area contributed by atoms with E-state index in [2.05, 4.69) is 16.0 Å². The summed E-state index contributed by atoms with van der Waals surface area (Å²) in [5.74, 6) is -4.52.